The average Bonchev–Trinajstić information content (AvgIpc) is 2.23. The third kappa shape index (κ3) is 2.04. The molecule has 1 aromatic heterocycles. The Kier molecular flexibility index (Phi) is 2.77. The van der Waals surface area contributed by atoms with Crippen LogP contribution in [0, 0.1) is 11.6 Å². The van der Waals surface area contributed by atoms with Gasteiger partial charge in [0.05, 0.1) is 6.20 Å². The van der Waals surface area contributed by atoms with Gasteiger partial charge in [-0.3, -0.25) is 4.98 Å². The highest BCUT2D eigenvalue weighted by molar-refractivity contribution is 9.10. The van der Waals surface area contributed by atoms with Crippen molar-refractivity contribution in [2.24, 2.45) is 0 Å². The van der Waals surface area contributed by atoms with E-state index >= 15 is 0 Å². The van der Waals surface area contributed by atoms with Gasteiger partial charge in [0.2, 0.25) is 0 Å². The largest absolute Gasteiger partial charge is 0.262 e. The zero-order valence-corrected chi connectivity index (χ0v) is 9.13. The number of benzene rings is 1. The minimum absolute atomic E-state index is 0.212. The number of halogens is 3. The van der Waals surface area contributed by atoms with Crippen LogP contribution in [0.15, 0.2) is 41.1 Å². The molecule has 2 aromatic rings. The second-order valence-electron chi connectivity index (χ2n) is 2.98. The molecule has 0 atom stereocenters. The molecule has 1 nitrogen and oxygen atoms in total. The fraction of sp³-hybridized carbons (Fsp3) is 0. The van der Waals surface area contributed by atoms with E-state index in [1.165, 1.54) is 24.4 Å². The van der Waals surface area contributed by atoms with Crippen LogP contribution in [-0.2, 0) is 0 Å². The zero-order chi connectivity index (χ0) is 10.8. The first kappa shape index (κ1) is 10.2. The maximum atomic E-state index is 13.4. The molecule has 0 bridgehead atoms. The van der Waals surface area contributed by atoms with Crippen LogP contribution in [0.25, 0.3) is 11.1 Å². The quantitative estimate of drug-likeness (QED) is 0.768. The Balaban J connectivity index is 2.64. The molecule has 0 saturated carbocycles. The topological polar surface area (TPSA) is 12.9 Å². The van der Waals surface area contributed by atoms with Crippen LogP contribution in [0.3, 0.4) is 0 Å². The van der Waals surface area contributed by atoms with E-state index in [-0.39, 0.29) is 11.1 Å². The summed E-state index contributed by atoms with van der Waals surface area (Å²) in [5, 5.41) is 0. The summed E-state index contributed by atoms with van der Waals surface area (Å²) in [6, 6.07) is 5.84. The van der Waals surface area contributed by atoms with Crippen molar-refractivity contribution in [3.63, 3.8) is 0 Å². The lowest BCUT2D eigenvalue weighted by molar-refractivity contribution is 0.612. The molecule has 4 heteroatoms. The van der Waals surface area contributed by atoms with Crippen LogP contribution >= 0.6 is 15.9 Å². The van der Waals surface area contributed by atoms with Crippen molar-refractivity contribution in [1.29, 1.82) is 0 Å². The predicted molar refractivity (Wildman–Crippen MR) is 57.3 cm³/mol. The van der Waals surface area contributed by atoms with E-state index in [1.54, 1.807) is 6.07 Å². The molecule has 0 saturated heterocycles. The Hall–Kier alpha value is -1.29. The number of nitrogens with zero attached hydrogens (tertiary/aromatic N) is 1. The van der Waals surface area contributed by atoms with E-state index in [0.29, 0.717) is 4.47 Å². The standard InChI is InChI=1S/C11H6BrF2N/c12-7-1-2-10(13)9(5-7)8-3-4-15-6-11(8)14/h1-6H. The lowest BCUT2D eigenvalue weighted by atomic mass is 10.1. The minimum Gasteiger partial charge on any atom is -0.262 e. The third-order valence-corrected chi connectivity index (χ3v) is 2.48. The van der Waals surface area contributed by atoms with E-state index in [2.05, 4.69) is 20.9 Å². The summed E-state index contributed by atoms with van der Waals surface area (Å²) in [5.74, 6) is -0.988. The molecule has 1 heterocycles. The molecular formula is C11H6BrF2N. The second-order valence-corrected chi connectivity index (χ2v) is 3.90. The van der Waals surface area contributed by atoms with Gasteiger partial charge < -0.3 is 0 Å². The Morgan fingerprint density at radius 3 is 2.53 bits per heavy atom. The highest BCUT2D eigenvalue weighted by Crippen LogP contribution is 2.27. The van der Waals surface area contributed by atoms with Crippen LogP contribution < -0.4 is 0 Å². The molecule has 15 heavy (non-hydrogen) atoms. The summed E-state index contributed by atoms with van der Waals surface area (Å²) in [6.07, 6.45) is 2.49. The number of hydrogen-bond donors (Lipinski definition) is 0. The highest BCUT2D eigenvalue weighted by Gasteiger charge is 2.09. The van der Waals surface area contributed by atoms with Crippen LogP contribution in [-0.4, -0.2) is 4.98 Å². The molecular weight excluding hydrogens is 264 g/mol. The molecule has 0 aliphatic rings. The highest BCUT2D eigenvalue weighted by atomic mass is 79.9. The Bertz CT molecular complexity index is 500. The predicted octanol–water partition coefficient (Wildman–Crippen LogP) is 3.79. The monoisotopic (exact) mass is 269 g/mol. The van der Waals surface area contributed by atoms with Gasteiger partial charge in [0.25, 0.3) is 0 Å². The van der Waals surface area contributed by atoms with Crippen molar-refractivity contribution in [2.45, 2.75) is 0 Å². The van der Waals surface area contributed by atoms with Gasteiger partial charge in [0, 0.05) is 21.8 Å². The van der Waals surface area contributed by atoms with E-state index in [9.17, 15) is 8.78 Å². The molecule has 0 amide bonds. The van der Waals surface area contributed by atoms with Crippen LogP contribution in [0.2, 0.25) is 0 Å². The Morgan fingerprint density at radius 2 is 1.80 bits per heavy atom. The summed E-state index contributed by atoms with van der Waals surface area (Å²) >= 11 is 3.21. The fourth-order valence-corrected chi connectivity index (χ4v) is 1.66. The van der Waals surface area contributed by atoms with Crippen molar-refractivity contribution in [3.8, 4) is 11.1 Å². The molecule has 0 spiro atoms. The number of rotatable bonds is 1. The van der Waals surface area contributed by atoms with Gasteiger partial charge in [-0.1, -0.05) is 15.9 Å². The van der Waals surface area contributed by atoms with Crippen molar-refractivity contribution in [2.75, 3.05) is 0 Å². The molecule has 76 valence electrons. The summed E-state index contributed by atoms with van der Waals surface area (Å²) in [6.45, 7) is 0. The Morgan fingerprint density at radius 1 is 1.00 bits per heavy atom. The maximum Gasteiger partial charge on any atom is 0.149 e. The number of aromatic nitrogens is 1. The second kappa shape index (κ2) is 4.06. The van der Waals surface area contributed by atoms with Crippen LogP contribution in [0.4, 0.5) is 8.78 Å². The summed E-state index contributed by atoms with van der Waals surface area (Å²) in [5.41, 5.74) is 0.438. The molecule has 0 radical (unpaired) electrons. The van der Waals surface area contributed by atoms with Crippen molar-refractivity contribution >= 4 is 15.9 Å². The van der Waals surface area contributed by atoms with Crippen molar-refractivity contribution in [3.05, 3.63) is 52.8 Å². The van der Waals surface area contributed by atoms with Gasteiger partial charge in [0.15, 0.2) is 0 Å². The summed E-state index contributed by atoms with van der Waals surface area (Å²) in [4.78, 5) is 3.61. The smallest absolute Gasteiger partial charge is 0.149 e. The molecule has 1 aromatic carbocycles. The minimum atomic E-state index is -0.533. The SMILES string of the molecule is Fc1cnccc1-c1cc(Br)ccc1F. The first-order chi connectivity index (χ1) is 7.18. The van der Waals surface area contributed by atoms with Crippen LogP contribution in [0.5, 0.6) is 0 Å². The molecule has 0 N–H and O–H groups in total. The van der Waals surface area contributed by atoms with Gasteiger partial charge in [0.1, 0.15) is 11.6 Å². The third-order valence-electron chi connectivity index (χ3n) is 1.99. The van der Waals surface area contributed by atoms with Gasteiger partial charge in [-0.25, -0.2) is 8.78 Å². The first-order valence-corrected chi connectivity index (χ1v) is 5.03. The zero-order valence-electron chi connectivity index (χ0n) is 7.55. The normalized spacial score (nSPS) is 10.3. The lowest BCUT2D eigenvalue weighted by Gasteiger charge is -2.04. The lowest BCUT2D eigenvalue weighted by Crippen LogP contribution is -1.89. The maximum absolute atomic E-state index is 13.4. The van der Waals surface area contributed by atoms with E-state index in [1.807, 2.05) is 0 Å². The number of pyridine rings is 1. The molecule has 0 aliphatic carbocycles. The fourth-order valence-electron chi connectivity index (χ4n) is 1.30. The van der Waals surface area contributed by atoms with Crippen molar-refractivity contribution < 1.29 is 8.78 Å². The molecule has 0 unspecified atom stereocenters. The van der Waals surface area contributed by atoms with E-state index in [0.717, 1.165) is 6.20 Å². The molecule has 0 fully saturated rings. The average molecular weight is 270 g/mol. The van der Waals surface area contributed by atoms with Gasteiger partial charge in [-0.2, -0.15) is 0 Å². The van der Waals surface area contributed by atoms with E-state index < -0.39 is 11.6 Å². The van der Waals surface area contributed by atoms with Crippen LogP contribution in [0.1, 0.15) is 0 Å². The summed E-state index contributed by atoms with van der Waals surface area (Å²) < 4.78 is 27.5. The first-order valence-electron chi connectivity index (χ1n) is 4.23. The van der Waals surface area contributed by atoms with Gasteiger partial charge in [-0.15, -0.1) is 0 Å². The Labute approximate surface area is 93.9 Å². The van der Waals surface area contributed by atoms with Gasteiger partial charge in [-0.05, 0) is 24.3 Å². The van der Waals surface area contributed by atoms with E-state index in [4.69, 9.17) is 0 Å². The molecule has 0 aliphatic heterocycles. The number of hydrogen-bond acceptors (Lipinski definition) is 1. The van der Waals surface area contributed by atoms with Gasteiger partial charge >= 0.3 is 0 Å². The molecule has 2 rings (SSSR count). The van der Waals surface area contributed by atoms with Crippen molar-refractivity contribution in [1.82, 2.24) is 4.98 Å². The summed E-state index contributed by atoms with van der Waals surface area (Å²) in [7, 11) is 0.